The van der Waals surface area contributed by atoms with E-state index >= 15 is 0 Å². The van der Waals surface area contributed by atoms with Crippen molar-refractivity contribution in [1.82, 2.24) is 9.97 Å². The highest BCUT2D eigenvalue weighted by Crippen LogP contribution is 2.28. The molecule has 0 aliphatic carbocycles. The minimum atomic E-state index is -0.711. The van der Waals surface area contributed by atoms with Crippen LogP contribution in [0.3, 0.4) is 0 Å². The Labute approximate surface area is 106 Å². The molecule has 2 heterocycles. The number of aliphatic hydroxyl groups is 1. The number of aromatic nitrogens is 2. The van der Waals surface area contributed by atoms with Crippen LogP contribution in [0.1, 0.15) is 13.8 Å². The molecule has 2 unspecified atom stereocenters. The molecule has 2 aromatic heterocycles. The third-order valence-electron chi connectivity index (χ3n) is 2.26. The van der Waals surface area contributed by atoms with Crippen LogP contribution in [0, 0.1) is 5.82 Å². The van der Waals surface area contributed by atoms with Gasteiger partial charge in [0.05, 0.1) is 6.10 Å². The summed E-state index contributed by atoms with van der Waals surface area (Å²) in [6.07, 6.45) is -1.25. The highest BCUT2D eigenvalue weighted by atomic mass is 35.5. The Hall–Kier alpha value is -0.980. The van der Waals surface area contributed by atoms with Crippen LogP contribution in [0.2, 0.25) is 4.47 Å². The summed E-state index contributed by atoms with van der Waals surface area (Å²) in [5, 5.41) is 9.28. The molecule has 0 saturated heterocycles. The van der Waals surface area contributed by atoms with Crippen LogP contribution < -0.4 is 4.74 Å². The molecule has 4 nitrogen and oxygen atoms in total. The van der Waals surface area contributed by atoms with Crippen molar-refractivity contribution in [2.45, 2.75) is 26.1 Å². The van der Waals surface area contributed by atoms with Crippen molar-refractivity contribution in [2.75, 3.05) is 0 Å². The van der Waals surface area contributed by atoms with Crippen LogP contribution >= 0.6 is 22.9 Å². The van der Waals surface area contributed by atoms with E-state index in [2.05, 4.69) is 9.97 Å². The monoisotopic (exact) mass is 276 g/mol. The Balaban J connectivity index is 2.36. The third kappa shape index (κ3) is 2.65. The summed E-state index contributed by atoms with van der Waals surface area (Å²) in [6, 6.07) is 1.22. The van der Waals surface area contributed by atoms with Gasteiger partial charge in [0.1, 0.15) is 16.5 Å². The molecule has 17 heavy (non-hydrogen) atoms. The number of nitrogens with zero attached hydrogens (tertiary/aromatic N) is 2. The predicted octanol–water partition coefficient (Wildman–Crippen LogP) is 2.63. The molecule has 0 spiro atoms. The van der Waals surface area contributed by atoms with Crippen LogP contribution in [0.4, 0.5) is 4.39 Å². The Kier molecular flexibility index (Phi) is 3.46. The van der Waals surface area contributed by atoms with Gasteiger partial charge in [-0.2, -0.15) is 4.98 Å². The van der Waals surface area contributed by atoms with Crippen molar-refractivity contribution in [1.29, 1.82) is 0 Å². The zero-order valence-corrected chi connectivity index (χ0v) is 10.7. The lowest BCUT2D eigenvalue weighted by atomic mass is 10.2. The second kappa shape index (κ2) is 4.72. The maximum Gasteiger partial charge on any atom is 0.252 e. The summed E-state index contributed by atoms with van der Waals surface area (Å²) in [5.41, 5.74) is 0.398. The number of ether oxygens (including phenoxy) is 1. The van der Waals surface area contributed by atoms with Gasteiger partial charge < -0.3 is 9.84 Å². The molecule has 2 atom stereocenters. The molecule has 2 rings (SSSR count). The van der Waals surface area contributed by atoms with E-state index in [0.29, 0.717) is 14.8 Å². The van der Waals surface area contributed by atoms with Crippen LogP contribution in [0.25, 0.3) is 10.3 Å². The average Bonchev–Trinajstić information content (AvgIpc) is 2.57. The molecule has 0 aliphatic heterocycles. The normalized spacial score (nSPS) is 14.9. The summed E-state index contributed by atoms with van der Waals surface area (Å²) in [4.78, 5) is 8.39. The minimum absolute atomic E-state index is 0.147. The lowest BCUT2D eigenvalue weighted by molar-refractivity contribution is 0.0549. The van der Waals surface area contributed by atoms with Crippen LogP contribution in [-0.2, 0) is 0 Å². The lowest BCUT2D eigenvalue weighted by Gasteiger charge is -2.16. The van der Waals surface area contributed by atoms with Crippen LogP contribution in [0.5, 0.6) is 5.88 Å². The molecule has 7 heteroatoms. The first-order valence-electron chi connectivity index (χ1n) is 4.94. The van der Waals surface area contributed by atoms with Crippen molar-refractivity contribution in [3.05, 3.63) is 16.4 Å². The molecule has 0 fully saturated rings. The number of aliphatic hydroxyl groups excluding tert-OH is 1. The third-order valence-corrected chi connectivity index (χ3v) is 3.33. The van der Waals surface area contributed by atoms with E-state index in [9.17, 15) is 9.50 Å². The molecule has 92 valence electrons. The zero-order chi connectivity index (χ0) is 12.6. The van der Waals surface area contributed by atoms with Crippen molar-refractivity contribution in [3.8, 4) is 5.88 Å². The topological polar surface area (TPSA) is 55.2 Å². The molecule has 1 N–H and O–H groups in total. The Morgan fingerprint density at radius 2 is 2.18 bits per heavy atom. The van der Waals surface area contributed by atoms with Gasteiger partial charge in [-0.1, -0.05) is 22.9 Å². The van der Waals surface area contributed by atoms with E-state index < -0.39 is 18.0 Å². The van der Waals surface area contributed by atoms with Crippen molar-refractivity contribution < 1.29 is 14.2 Å². The molecule has 0 aromatic carbocycles. The SMILES string of the molecule is CC(O)C(C)Oc1nc2sc(Cl)nc2cc1F. The number of rotatable bonds is 3. The van der Waals surface area contributed by atoms with Crippen LogP contribution in [-0.4, -0.2) is 27.3 Å². The molecule has 0 bridgehead atoms. The van der Waals surface area contributed by atoms with E-state index in [1.165, 1.54) is 6.07 Å². The molecule has 0 saturated carbocycles. The van der Waals surface area contributed by atoms with Gasteiger partial charge >= 0.3 is 0 Å². The zero-order valence-electron chi connectivity index (χ0n) is 9.15. The van der Waals surface area contributed by atoms with E-state index in [4.69, 9.17) is 16.3 Å². The fourth-order valence-electron chi connectivity index (χ4n) is 1.16. The Morgan fingerprint density at radius 1 is 1.47 bits per heavy atom. The summed E-state index contributed by atoms with van der Waals surface area (Å²) in [7, 11) is 0. The fraction of sp³-hybridized carbons (Fsp3) is 0.400. The highest BCUT2D eigenvalue weighted by Gasteiger charge is 2.16. The second-order valence-corrected chi connectivity index (χ2v) is 5.19. The van der Waals surface area contributed by atoms with Gasteiger partial charge in [0.15, 0.2) is 10.3 Å². The van der Waals surface area contributed by atoms with Gasteiger partial charge in [-0.25, -0.2) is 9.37 Å². The fourth-order valence-corrected chi connectivity index (χ4v) is 2.11. The number of halogens is 2. The van der Waals surface area contributed by atoms with Crippen molar-refractivity contribution in [2.24, 2.45) is 0 Å². The maximum atomic E-state index is 13.6. The van der Waals surface area contributed by atoms with Gasteiger partial charge in [0, 0.05) is 6.07 Å². The lowest BCUT2D eigenvalue weighted by Crippen LogP contribution is -2.26. The largest absolute Gasteiger partial charge is 0.470 e. The van der Waals surface area contributed by atoms with Gasteiger partial charge in [-0.15, -0.1) is 0 Å². The molecule has 2 aromatic rings. The van der Waals surface area contributed by atoms with E-state index in [-0.39, 0.29) is 5.88 Å². The second-order valence-electron chi connectivity index (χ2n) is 3.63. The number of hydrogen-bond donors (Lipinski definition) is 1. The minimum Gasteiger partial charge on any atom is -0.470 e. The Morgan fingerprint density at radius 3 is 2.82 bits per heavy atom. The number of hydrogen-bond acceptors (Lipinski definition) is 5. The first kappa shape index (κ1) is 12.5. The quantitative estimate of drug-likeness (QED) is 0.936. The van der Waals surface area contributed by atoms with Gasteiger partial charge in [0.25, 0.3) is 5.88 Å². The molecule has 0 amide bonds. The first-order valence-corrected chi connectivity index (χ1v) is 6.14. The predicted molar refractivity (Wildman–Crippen MR) is 64.2 cm³/mol. The summed E-state index contributed by atoms with van der Waals surface area (Å²) in [5.74, 6) is -0.766. The number of fused-ring (bicyclic) bond motifs is 1. The Bertz CT molecular complexity index is 546. The van der Waals surface area contributed by atoms with E-state index in [1.54, 1.807) is 13.8 Å². The molecular weight excluding hydrogens is 267 g/mol. The smallest absolute Gasteiger partial charge is 0.252 e. The van der Waals surface area contributed by atoms with E-state index in [1.807, 2.05) is 0 Å². The van der Waals surface area contributed by atoms with Crippen molar-refractivity contribution in [3.63, 3.8) is 0 Å². The van der Waals surface area contributed by atoms with Gasteiger partial charge in [-0.05, 0) is 13.8 Å². The van der Waals surface area contributed by atoms with Gasteiger partial charge in [0.2, 0.25) is 0 Å². The molecule has 0 radical (unpaired) electrons. The summed E-state index contributed by atoms with van der Waals surface area (Å²) < 4.78 is 19.1. The standard InChI is InChI=1S/C10H10ClFN2O2S/c1-4(15)5(2)16-8-6(12)3-7-9(14-8)17-10(11)13-7/h3-5,15H,1-2H3. The summed E-state index contributed by atoms with van der Waals surface area (Å²) >= 11 is 6.85. The van der Waals surface area contributed by atoms with Crippen LogP contribution in [0.15, 0.2) is 6.07 Å². The average molecular weight is 277 g/mol. The number of pyridine rings is 1. The number of thiazole rings is 1. The van der Waals surface area contributed by atoms with Crippen molar-refractivity contribution >= 4 is 33.3 Å². The van der Waals surface area contributed by atoms with Gasteiger partial charge in [-0.3, -0.25) is 0 Å². The first-order chi connectivity index (χ1) is 7.97. The maximum absolute atomic E-state index is 13.6. The molecular formula is C10H10ClFN2O2S. The summed E-state index contributed by atoms with van der Waals surface area (Å²) in [6.45, 7) is 3.19. The molecule has 0 aliphatic rings. The van der Waals surface area contributed by atoms with E-state index in [0.717, 1.165) is 11.3 Å². The highest BCUT2D eigenvalue weighted by molar-refractivity contribution is 7.21.